The smallest absolute Gasteiger partial charge is 0.310 e. The molecule has 2 amide bonds. The van der Waals surface area contributed by atoms with E-state index in [0.29, 0.717) is 19.3 Å². The third kappa shape index (κ3) is 4.64. The Morgan fingerprint density at radius 3 is 2.42 bits per heavy atom. The highest BCUT2D eigenvalue weighted by Crippen LogP contribution is 2.61. The highest BCUT2D eigenvalue weighted by molar-refractivity contribution is 9.09. The number of nitrogens with zero attached hydrogens (tertiary/aromatic N) is 2. The average molecular weight is 572 g/mol. The van der Waals surface area contributed by atoms with E-state index in [1.54, 1.807) is 11.0 Å². The molecule has 3 fully saturated rings. The molecule has 3 heterocycles. The number of aliphatic carboxylic acids is 1. The molecule has 2 bridgehead atoms. The summed E-state index contributed by atoms with van der Waals surface area (Å²) in [6.07, 6.45) is 2.72. The zero-order chi connectivity index (χ0) is 27.4. The molecule has 0 aromatic rings. The van der Waals surface area contributed by atoms with Gasteiger partial charge in [0.15, 0.2) is 0 Å². The zero-order valence-corrected chi connectivity index (χ0v) is 24.2. The van der Waals surface area contributed by atoms with E-state index in [1.807, 2.05) is 27.7 Å². The maximum absolute atomic E-state index is 14.6. The molecule has 3 saturated heterocycles. The van der Waals surface area contributed by atoms with E-state index in [4.69, 9.17) is 4.74 Å². The van der Waals surface area contributed by atoms with E-state index in [2.05, 4.69) is 43.3 Å². The minimum atomic E-state index is -1.27. The van der Waals surface area contributed by atoms with Crippen LogP contribution in [-0.2, 0) is 19.1 Å². The van der Waals surface area contributed by atoms with Crippen molar-refractivity contribution in [1.82, 2.24) is 9.80 Å². The van der Waals surface area contributed by atoms with E-state index in [0.717, 1.165) is 0 Å². The third-order valence-corrected chi connectivity index (χ3v) is 9.21. The molecular formula is C27H43BrN2O6. The summed E-state index contributed by atoms with van der Waals surface area (Å²) >= 11 is 3.59. The summed E-state index contributed by atoms with van der Waals surface area (Å²) in [6.45, 7) is 18.1. The van der Waals surface area contributed by atoms with Crippen LogP contribution in [0, 0.1) is 23.2 Å². The lowest BCUT2D eigenvalue weighted by Gasteiger charge is -2.47. The van der Waals surface area contributed by atoms with Crippen molar-refractivity contribution >= 4 is 33.7 Å². The second-order valence-corrected chi connectivity index (χ2v) is 13.8. The first-order valence-electron chi connectivity index (χ1n) is 13.0. The minimum Gasteiger partial charge on any atom is -0.481 e. The number of rotatable bonds is 10. The number of carboxylic acid groups (broad SMARTS) is 1. The van der Waals surface area contributed by atoms with Gasteiger partial charge in [-0.3, -0.25) is 14.4 Å². The van der Waals surface area contributed by atoms with Crippen molar-refractivity contribution in [3.05, 3.63) is 12.7 Å². The van der Waals surface area contributed by atoms with Crippen LogP contribution in [0.2, 0.25) is 0 Å². The van der Waals surface area contributed by atoms with Crippen LogP contribution in [0.1, 0.15) is 67.7 Å². The second-order valence-electron chi connectivity index (χ2n) is 12.7. The molecule has 0 saturated carbocycles. The number of halogens is 1. The van der Waals surface area contributed by atoms with Gasteiger partial charge >= 0.3 is 5.97 Å². The summed E-state index contributed by atoms with van der Waals surface area (Å²) in [6, 6.07) is -1.66. The van der Waals surface area contributed by atoms with Crippen molar-refractivity contribution in [2.24, 2.45) is 23.2 Å². The molecule has 0 aromatic carbocycles. The fourth-order valence-corrected chi connectivity index (χ4v) is 8.05. The molecule has 36 heavy (non-hydrogen) atoms. The third-order valence-electron chi connectivity index (χ3n) is 8.36. The average Bonchev–Trinajstić information content (AvgIpc) is 3.34. The van der Waals surface area contributed by atoms with Crippen LogP contribution in [0.4, 0.5) is 0 Å². The number of fused-ring (bicyclic) bond motifs is 1. The molecule has 2 N–H and O–H groups in total. The van der Waals surface area contributed by atoms with Gasteiger partial charge in [-0.1, -0.05) is 63.0 Å². The Kier molecular flexibility index (Phi) is 8.11. The van der Waals surface area contributed by atoms with Crippen LogP contribution in [0.15, 0.2) is 12.7 Å². The Morgan fingerprint density at radius 1 is 1.33 bits per heavy atom. The number of carboxylic acids is 1. The highest BCUT2D eigenvalue weighted by atomic mass is 79.9. The number of hydrogen-bond acceptors (Lipinski definition) is 5. The Bertz CT molecular complexity index is 901. The molecule has 0 aromatic heterocycles. The molecular weight excluding hydrogens is 528 g/mol. The summed E-state index contributed by atoms with van der Waals surface area (Å²) in [5, 5.41) is 20.5. The van der Waals surface area contributed by atoms with Gasteiger partial charge in [0, 0.05) is 16.9 Å². The highest BCUT2D eigenvalue weighted by Gasteiger charge is 2.77. The molecule has 3 aliphatic heterocycles. The number of hydrogen-bond donors (Lipinski definition) is 2. The first kappa shape index (κ1) is 29.1. The van der Waals surface area contributed by atoms with Gasteiger partial charge in [0.2, 0.25) is 11.8 Å². The molecule has 204 valence electrons. The molecule has 3 unspecified atom stereocenters. The second kappa shape index (κ2) is 10.0. The summed E-state index contributed by atoms with van der Waals surface area (Å²) in [7, 11) is 0. The van der Waals surface area contributed by atoms with Crippen LogP contribution < -0.4 is 0 Å². The summed E-state index contributed by atoms with van der Waals surface area (Å²) < 4.78 is 6.41. The van der Waals surface area contributed by atoms with Gasteiger partial charge in [0.25, 0.3) is 0 Å². The van der Waals surface area contributed by atoms with Crippen molar-refractivity contribution in [3.63, 3.8) is 0 Å². The predicted molar refractivity (Wildman–Crippen MR) is 141 cm³/mol. The molecule has 9 heteroatoms. The fraction of sp³-hybridized carbons (Fsp3) is 0.815. The normalized spacial score (nSPS) is 33.4. The lowest BCUT2D eigenvalue weighted by Crippen LogP contribution is -2.63. The van der Waals surface area contributed by atoms with Gasteiger partial charge in [-0.25, -0.2) is 0 Å². The van der Waals surface area contributed by atoms with Gasteiger partial charge < -0.3 is 24.7 Å². The Balaban J connectivity index is 2.19. The van der Waals surface area contributed by atoms with Crippen LogP contribution in [-0.4, -0.2) is 85.1 Å². The maximum atomic E-state index is 14.6. The zero-order valence-electron chi connectivity index (χ0n) is 22.7. The van der Waals surface area contributed by atoms with Crippen LogP contribution in [0.3, 0.4) is 0 Å². The van der Waals surface area contributed by atoms with Gasteiger partial charge in [-0.2, -0.15) is 0 Å². The van der Waals surface area contributed by atoms with Crippen LogP contribution in [0.5, 0.6) is 0 Å². The monoisotopic (exact) mass is 570 g/mol. The number of likely N-dealkylation sites (tertiary alicyclic amines) is 1. The van der Waals surface area contributed by atoms with Crippen molar-refractivity contribution < 1.29 is 29.3 Å². The van der Waals surface area contributed by atoms with E-state index in [-0.39, 0.29) is 35.2 Å². The van der Waals surface area contributed by atoms with Crippen molar-refractivity contribution in [3.8, 4) is 0 Å². The molecule has 3 aliphatic rings. The van der Waals surface area contributed by atoms with E-state index >= 15 is 0 Å². The van der Waals surface area contributed by atoms with E-state index in [1.165, 1.54) is 4.90 Å². The first-order chi connectivity index (χ1) is 16.6. The van der Waals surface area contributed by atoms with Gasteiger partial charge in [0.1, 0.15) is 11.6 Å². The standard InChI is InChI=1S/C27H43BrN2O6/c1-9-11-29(26(7,8)14-25(4,5)6)23(33)21-27-12-16(28)20(36-27)18(24(34)35)19(27)22(32)30(21)17(13-31)15(3)10-2/h9,15-21,31H,1,10-14H2,2-8H3,(H,34,35)/t15-,16?,17-,18-,19-,20-,21?,27?/m0/s1. The molecule has 3 rings (SSSR count). The summed E-state index contributed by atoms with van der Waals surface area (Å²) in [5.74, 6) is -3.92. The van der Waals surface area contributed by atoms with E-state index in [9.17, 15) is 24.6 Å². The first-order valence-corrected chi connectivity index (χ1v) is 13.9. The number of aliphatic hydroxyl groups excluding tert-OH is 1. The topological polar surface area (TPSA) is 107 Å². The van der Waals surface area contributed by atoms with Crippen molar-refractivity contribution in [1.29, 1.82) is 0 Å². The summed E-state index contributed by atoms with van der Waals surface area (Å²) in [4.78, 5) is 44.0. The Morgan fingerprint density at radius 2 is 1.94 bits per heavy atom. The number of alkyl halides is 1. The SMILES string of the molecule is C=CCN(C(=O)C1N([C@@H](CO)[C@@H](C)CC)C(=O)[C@@H]2[C@H](C(=O)O)[C@H]3OC12CC3Br)C(C)(C)CC(C)(C)C. The largest absolute Gasteiger partial charge is 0.481 e. The lowest BCUT2D eigenvalue weighted by atomic mass is 9.70. The Hall–Kier alpha value is -1.45. The molecule has 0 aliphatic carbocycles. The van der Waals surface area contributed by atoms with Gasteiger partial charge in [-0.15, -0.1) is 6.58 Å². The summed E-state index contributed by atoms with van der Waals surface area (Å²) in [5.41, 5.74) is -1.92. The number of aliphatic hydroxyl groups is 1. The number of carbonyl (C=O) groups is 3. The van der Waals surface area contributed by atoms with Crippen molar-refractivity contribution in [2.45, 2.75) is 102 Å². The molecule has 8 atom stereocenters. The minimum absolute atomic E-state index is 0.0722. The number of carbonyl (C=O) groups excluding carboxylic acids is 2. The Labute approximate surface area is 223 Å². The predicted octanol–water partition coefficient (Wildman–Crippen LogP) is 3.46. The van der Waals surface area contributed by atoms with Crippen LogP contribution >= 0.6 is 15.9 Å². The quantitative estimate of drug-likeness (QED) is 0.307. The van der Waals surface area contributed by atoms with E-state index < -0.39 is 53.0 Å². The van der Waals surface area contributed by atoms with Crippen LogP contribution in [0.25, 0.3) is 0 Å². The lowest BCUT2D eigenvalue weighted by molar-refractivity contribution is -0.157. The molecule has 8 nitrogen and oxygen atoms in total. The maximum Gasteiger partial charge on any atom is 0.310 e. The van der Waals surface area contributed by atoms with Crippen molar-refractivity contribution in [2.75, 3.05) is 13.2 Å². The number of ether oxygens (including phenoxy) is 1. The fourth-order valence-electron chi connectivity index (χ4n) is 7.11. The van der Waals surface area contributed by atoms with Gasteiger partial charge in [-0.05, 0) is 38.0 Å². The van der Waals surface area contributed by atoms with Gasteiger partial charge in [0.05, 0.1) is 30.6 Å². The molecule has 0 radical (unpaired) electrons. The number of amides is 2. The molecule has 1 spiro atoms.